The number of ether oxygens (including phenoxy) is 5. The topological polar surface area (TPSA) is 93.4 Å². The Bertz CT molecular complexity index is 1440. The van der Waals surface area contributed by atoms with E-state index in [1.165, 1.54) is 19.4 Å². The molecule has 0 bridgehead atoms. The largest absolute Gasteiger partial charge is 0.493 e. The molecule has 0 unspecified atom stereocenters. The van der Waals surface area contributed by atoms with Crippen molar-refractivity contribution in [2.45, 2.75) is 0 Å². The van der Waals surface area contributed by atoms with Gasteiger partial charge in [0.1, 0.15) is 17.6 Å². The lowest BCUT2D eigenvalue weighted by molar-refractivity contribution is 0.0734. The van der Waals surface area contributed by atoms with Crippen LogP contribution < -0.4 is 29.1 Å². The summed E-state index contributed by atoms with van der Waals surface area (Å²) in [6.45, 7) is 0.114. The maximum Gasteiger partial charge on any atom is 0.343 e. The normalized spacial score (nSPS) is 11.9. The van der Waals surface area contributed by atoms with E-state index in [9.17, 15) is 9.59 Å². The van der Waals surface area contributed by atoms with E-state index in [1.807, 2.05) is 0 Å². The highest BCUT2D eigenvalue weighted by atomic mass is 16.7. The third-order valence-electron chi connectivity index (χ3n) is 5.26. The molecule has 4 aromatic rings. The molecule has 8 heteroatoms. The number of carbonyl (C=O) groups excluding carboxylic acids is 1. The maximum absolute atomic E-state index is 13.1. The van der Waals surface area contributed by atoms with Gasteiger partial charge in [-0.05, 0) is 48.0 Å². The van der Waals surface area contributed by atoms with Crippen molar-refractivity contribution >= 4 is 16.9 Å². The Kier molecular flexibility index (Phi) is 5.10. The number of benzene rings is 3. The molecule has 0 fully saturated rings. The first-order valence-corrected chi connectivity index (χ1v) is 9.97. The van der Waals surface area contributed by atoms with Crippen LogP contribution in [-0.4, -0.2) is 27.0 Å². The standard InChI is InChI=1S/C25H18O8/c1-28-19-7-3-14(9-22(19)29-2)18-12-30-21-11-16(5-6-17(21)24(18)26)33-25(27)15-4-8-20-23(10-15)32-13-31-20/h3-12H,13H2,1-2H3. The monoisotopic (exact) mass is 446 g/mol. The lowest BCUT2D eigenvalue weighted by Gasteiger charge is -2.10. The Morgan fingerprint density at radius 1 is 0.879 bits per heavy atom. The van der Waals surface area contributed by atoms with Crippen molar-refractivity contribution in [2.75, 3.05) is 21.0 Å². The number of hydrogen-bond donors (Lipinski definition) is 0. The molecular formula is C25H18O8. The molecule has 1 aliphatic heterocycles. The lowest BCUT2D eigenvalue weighted by atomic mass is 10.0. The third kappa shape index (κ3) is 3.71. The van der Waals surface area contributed by atoms with Gasteiger partial charge in [-0.15, -0.1) is 0 Å². The van der Waals surface area contributed by atoms with Crippen molar-refractivity contribution in [2.24, 2.45) is 0 Å². The third-order valence-corrected chi connectivity index (χ3v) is 5.26. The number of fused-ring (bicyclic) bond motifs is 2. The molecule has 0 saturated heterocycles. The smallest absolute Gasteiger partial charge is 0.343 e. The highest BCUT2D eigenvalue weighted by Gasteiger charge is 2.18. The number of carbonyl (C=O) groups is 1. The summed E-state index contributed by atoms with van der Waals surface area (Å²) < 4.78 is 32.2. The van der Waals surface area contributed by atoms with Gasteiger partial charge in [0.15, 0.2) is 28.4 Å². The summed E-state index contributed by atoms with van der Waals surface area (Å²) in [5.74, 6) is 1.78. The average molecular weight is 446 g/mol. The zero-order valence-electron chi connectivity index (χ0n) is 17.7. The summed E-state index contributed by atoms with van der Waals surface area (Å²) in [5.41, 5.74) is 1.37. The maximum atomic E-state index is 13.1. The van der Waals surface area contributed by atoms with E-state index in [-0.39, 0.29) is 18.0 Å². The SMILES string of the molecule is COc1ccc(-c2coc3cc(OC(=O)c4ccc5c(c4)OCO5)ccc3c2=O)cc1OC. The lowest BCUT2D eigenvalue weighted by Crippen LogP contribution is -2.09. The molecule has 5 rings (SSSR count). The summed E-state index contributed by atoms with van der Waals surface area (Å²) >= 11 is 0. The highest BCUT2D eigenvalue weighted by molar-refractivity contribution is 5.92. The molecule has 0 amide bonds. The van der Waals surface area contributed by atoms with Crippen molar-refractivity contribution in [1.29, 1.82) is 0 Å². The molecule has 33 heavy (non-hydrogen) atoms. The van der Waals surface area contributed by atoms with Gasteiger partial charge in [0.05, 0.1) is 30.7 Å². The van der Waals surface area contributed by atoms with Crippen LogP contribution in [0.25, 0.3) is 22.1 Å². The van der Waals surface area contributed by atoms with Crippen LogP contribution in [0, 0.1) is 0 Å². The van der Waals surface area contributed by atoms with Crippen LogP contribution >= 0.6 is 0 Å². The van der Waals surface area contributed by atoms with Crippen LogP contribution in [0.5, 0.6) is 28.7 Å². The first kappa shape index (κ1) is 20.4. The Labute approximate surface area is 187 Å². The number of esters is 1. The van der Waals surface area contributed by atoms with Crippen molar-refractivity contribution in [3.63, 3.8) is 0 Å². The van der Waals surface area contributed by atoms with Crippen LogP contribution in [0.4, 0.5) is 0 Å². The first-order chi connectivity index (χ1) is 16.1. The molecule has 1 aliphatic rings. The summed E-state index contributed by atoms with van der Waals surface area (Å²) in [6, 6.07) is 14.6. The number of methoxy groups -OCH3 is 2. The van der Waals surface area contributed by atoms with Gasteiger partial charge in [-0.3, -0.25) is 4.79 Å². The molecule has 0 spiro atoms. The average Bonchev–Trinajstić information content (AvgIpc) is 3.32. The van der Waals surface area contributed by atoms with Crippen molar-refractivity contribution in [3.8, 4) is 39.9 Å². The summed E-state index contributed by atoms with van der Waals surface area (Å²) in [4.78, 5) is 25.6. The van der Waals surface area contributed by atoms with Gasteiger partial charge in [-0.2, -0.15) is 0 Å². The van der Waals surface area contributed by atoms with Crippen molar-refractivity contribution < 1.29 is 32.9 Å². The molecule has 0 N–H and O–H groups in total. The van der Waals surface area contributed by atoms with Gasteiger partial charge in [0, 0.05) is 6.07 Å². The fourth-order valence-corrected chi connectivity index (χ4v) is 3.56. The van der Waals surface area contributed by atoms with Gasteiger partial charge in [0.2, 0.25) is 6.79 Å². The number of hydrogen-bond acceptors (Lipinski definition) is 8. The van der Waals surface area contributed by atoms with E-state index in [0.717, 1.165) is 0 Å². The molecule has 1 aromatic heterocycles. The van der Waals surface area contributed by atoms with Gasteiger partial charge in [-0.1, -0.05) is 6.07 Å². The Morgan fingerprint density at radius 3 is 2.52 bits per heavy atom. The minimum absolute atomic E-state index is 0.114. The molecular weight excluding hydrogens is 428 g/mol. The molecule has 2 heterocycles. The highest BCUT2D eigenvalue weighted by Crippen LogP contribution is 2.34. The van der Waals surface area contributed by atoms with E-state index < -0.39 is 5.97 Å². The minimum Gasteiger partial charge on any atom is -0.493 e. The van der Waals surface area contributed by atoms with Crippen molar-refractivity contribution in [1.82, 2.24) is 0 Å². The minimum atomic E-state index is -0.572. The molecule has 0 saturated carbocycles. The molecule has 3 aromatic carbocycles. The molecule has 0 atom stereocenters. The fourth-order valence-electron chi connectivity index (χ4n) is 3.56. The molecule has 0 radical (unpaired) electrons. The van der Waals surface area contributed by atoms with E-state index in [4.69, 9.17) is 28.1 Å². The Hall–Kier alpha value is -4.46. The summed E-state index contributed by atoms with van der Waals surface area (Å²) in [7, 11) is 3.07. The quantitative estimate of drug-likeness (QED) is 0.328. The van der Waals surface area contributed by atoms with E-state index in [2.05, 4.69) is 0 Å². The van der Waals surface area contributed by atoms with Crippen LogP contribution in [-0.2, 0) is 0 Å². The van der Waals surface area contributed by atoms with Gasteiger partial charge < -0.3 is 28.1 Å². The number of rotatable bonds is 5. The molecule has 8 nitrogen and oxygen atoms in total. The van der Waals surface area contributed by atoms with Crippen LogP contribution in [0.2, 0.25) is 0 Å². The Balaban J connectivity index is 1.44. The second-order valence-corrected chi connectivity index (χ2v) is 7.16. The van der Waals surface area contributed by atoms with Gasteiger partial charge in [0.25, 0.3) is 0 Å². The second kappa shape index (κ2) is 8.23. The summed E-state index contributed by atoms with van der Waals surface area (Å²) in [5, 5.41) is 0.352. The van der Waals surface area contributed by atoms with Crippen LogP contribution in [0.3, 0.4) is 0 Å². The zero-order valence-corrected chi connectivity index (χ0v) is 17.7. The molecule has 0 aliphatic carbocycles. The van der Waals surface area contributed by atoms with E-state index >= 15 is 0 Å². The first-order valence-electron chi connectivity index (χ1n) is 9.97. The summed E-state index contributed by atoms with van der Waals surface area (Å²) in [6.07, 6.45) is 1.37. The van der Waals surface area contributed by atoms with Gasteiger partial charge in [-0.25, -0.2) is 4.79 Å². The predicted octanol–water partition coefficient (Wildman–Crippen LogP) is 4.43. The zero-order chi connectivity index (χ0) is 22.9. The van der Waals surface area contributed by atoms with Crippen molar-refractivity contribution in [3.05, 3.63) is 76.6 Å². The van der Waals surface area contributed by atoms with E-state index in [1.54, 1.807) is 55.6 Å². The van der Waals surface area contributed by atoms with Gasteiger partial charge >= 0.3 is 5.97 Å². The molecule has 166 valence electrons. The predicted molar refractivity (Wildman–Crippen MR) is 119 cm³/mol. The van der Waals surface area contributed by atoms with E-state index in [0.29, 0.717) is 50.7 Å². The second-order valence-electron chi connectivity index (χ2n) is 7.16. The fraction of sp³-hybridized carbons (Fsp3) is 0.120. The Morgan fingerprint density at radius 2 is 1.70 bits per heavy atom. The van der Waals surface area contributed by atoms with Crippen LogP contribution in [0.15, 0.2) is 70.1 Å². The van der Waals surface area contributed by atoms with Crippen LogP contribution in [0.1, 0.15) is 10.4 Å².